The highest BCUT2D eigenvalue weighted by Crippen LogP contribution is 2.58. The highest BCUT2D eigenvalue weighted by atomic mass is 16.3. The summed E-state index contributed by atoms with van der Waals surface area (Å²) in [6.07, 6.45) is 0. The van der Waals surface area contributed by atoms with Gasteiger partial charge in [-0.2, -0.15) is 0 Å². The molecule has 13 aromatic rings. The van der Waals surface area contributed by atoms with E-state index in [4.69, 9.17) is 4.42 Å². The van der Waals surface area contributed by atoms with Crippen molar-refractivity contribution >= 4 is 49.8 Å². The molecule has 2 heteroatoms. The van der Waals surface area contributed by atoms with Crippen molar-refractivity contribution in [1.82, 2.24) is 0 Å². The van der Waals surface area contributed by atoms with E-state index >= 15 is 0 Å². The molecule has 0 bridgehead atoms. The van der Waals surface area contributed by atoms with Crippen LogP contribution >= 0.6 is 0 Å². The highest BCUT2D eigenvalue weighted by Gasteiger charge is 2.46. The molecule has 0 N–H and O–H groups in total. The second-order valence-electron chi connectivity index (χ2n) is 19.2. The summed E-state index contributed by atoms with van der Waals surface area (Å²) in [5.41, 5.74) is 21.6. The molecule has 0 amide bonds. The van der Waals surface area contributed by atoms with Crippen LogP contribution in [0.5, 0.6) is 0 Å². The molecule has 0 saturated heterocycles. The van der Waals surface area contributed by atoms with E-state index in [-0.39, 0.29) is 0 Å². The predicted octanol–water partition coefficient (Wildman–Crippen LogP) is 19.2. The summed E-state index contributed by atoms with van der Waals surface area (Å²) in [6.45, 7) is 0. The summed E-state index contributed by atoms with van der Waals surface area (Å²) >= 11 is 0. The van der Waals surface area contributed by atoms with Gasteiger partial charge in [-0.25, -0.2) is 0 Å². The van der Waals surface area contributed by atoms with Crippen LogP contribution in [-0.4, -0.2) is 0 Å². The summed E-state index contributed by atoms with van der Waals surface area (Å²) in [7, 11) is 0. The Morgan fingerprint density at radius 3 is 1.53 bits per heavy atom. The second kappa shape index (κ2) is 17.4. The Morgan fingerprint density at radius 1 is 0.274 bits per heavy atom. The Kier molecular flexibility index (Phi) is 10.1. The van der Waals surface area contributed by atoms with E-state index in [1.54, 1.807) is 0 Å². The van der Waals surface area contributed by atoms with E-state index in [1.165, 1.54) is 72.0 Å². The van der Waals surface area contributed by atoms with E-state index in [1.807, 2.05) is 12.1 Å². The van der Waals surface area contributed by atoms with Crippen LogP contribution in [0.3, 0.4) is 0 Å². The Labute approximate surface area is 425 Å². The van der Waals surface area contributed by atoms with Gasteiger partial charge >= 0.3 is 0 Å². The van der Waals surface area contributed by atoms with Gasteiger partial charge in [0.1, 0.15) is 11.2 Å². The van der Waals surface area contributed by atoms with Crippen LogP contribution in [0.25, 0.3) is 88.3 Å². The molecule has 0 spiro atoms. The van der Waals surface area contributed by atoms with E-state index in [9.17, 15) is 0 Å². The van der Waals surface area contributed by atoms with Gasteiger partial charge in [-0.05, 0) is 149 Å². The smallest absolute Gasteiger partial charge is 0.136 e. The van der Waals surface area contributed by atoms with Crippen LogP contribution in [0.15, 0.2) is 290 Å². The summed E-state index contributed by atoms with van der Waals surface area (Å²) in [5, 5.41) is 4.63. The number of hydrogen-bond donors (Lipinski definition) is 0. The minimum Gasteiger partial charge on any atom is -0.456 e. The molecule has 14 rings (SSSR count). The maximum atomic E-state index is 6.32. The van der Waals surface area contributed by atoms with Crippen LogP contribution in [0.4, 0.5) is 17.1 Å². The standard InChI is InChI=1S/C71H47NO/c1-4-16-48(17-5-1)49-30-32-50(33-31-49)52-34-35-54-45-61(42-38-53(54)44-52)72(59-40-36-51(37-41-59)55-39-43-64-63-24-11-13-29-68(63)73-69(64)47-55)60-23-14-18-56(46-60)62-26-15-28-67-70(62)65-25-10-12-27-66(65)71(67,57-19-6-2-7-20-57)58-21-8-3-9-22-58/h1-47H. The molecule has 0 saturated carbocycles. The van der Waals surface area contributed by atoms with Crippen molar-refractivity contribution in [2.45, 2.75) is 5.41 Å². The quantitative estimate of drug-likeness (QED) is 0.143. The second-order valence-corrected chi connectivity index (χ2v) is 19.2. The first-order valence-electron chi connectivity index (χ1n) is 25.1. The molecule has 0 unspecified atom stereocenters. The molecule has 0 aliphatic heterocycles. The van der Waals surface area contributed by atoms with Crippen molar-refractivity contribution in [1.29, 1.82) is 0 Å². The maximum Gasteiger partial charge on any atom is 0.136 e. The number of nitrogens with zero attached hydrogens (tertiary/aromatic N) is 1. The third-order valence-corrected chi connectivity index (χ3v) is 15.1. The van der Waals surface area contributed by atoms with Gasteiger partial charge in [-0.1, -0.05) is 224 Å². The van der Waals surface area contributed by atoms with Gasteiger partial charge in [0.05, 0.1) is 5.41 Å². The first-order valence-corrected chi connectivity index (χ1v) is 25.1. The maximum absolute atomic E-state index is 6.32. The molecular weight excluding hydrogens is 883 g/mol. The Morgan fingerprint density at radius 2 is 0.767 bits per heavy atom. The van der Waals surface area contributed by atoms with Crippen molar-refractivity contribution in [3.63, 3.8) is 0 Å². The Hall–Kier alpha value is -9.50. The van der Waals surface area contributed by atoms with Crippen LogP contribution in [0, 0.1) is 0 Å². The third-order valence-electron chi connectivity index (χ3n) is 15.1. The van der Waals surface area contributed by atoms with Crippen molar-refractivity contribution in [2.75, 3.05) is 4.90 Å². The molecule has 12 aromatic carbocycles. The zero-order chi connectivity index (χ0) is 48.3. The van der Waals surface area contributed by atoms with E-state index in [0.717, 1.165) is 55.7 Å². The lowest BCUT2D eigenvalue weighted by Crippen LogP contribution is -2.28. The van der Waals surface area contributed by atoms with Gasteiger partial charge in [-0.3, -0.25) is 0 Å². The molecule has 1 aromatic heterocycles. The normalized spacial score (nSPS) is 12.5. The molecule has 342 valence electrons. The van der Waals surface area contributed by atoms with Gasteiger partial charge < -0.3 is 9.32 Å². The van der Waals surface area contributed by atoms with Gasteiger partial charge in [-0.15, -0.1) is 0 Å². The molecule has 0 fully saturated rings. The molecular formula is C71H47NO. The topological polar surface area (TPSA) is 16.4 Å². The Balaban J connectivity index is 0.891. The van der Waals surface area contributed by atoms with E-state index < -0.39 is 5.41 Å². The van der Waals surface area contributed by atoms with Gasteiger partial charge in [0.25, 0.3) is 0 Å². The van der Waals surface area contributed by atoms with Crippen LogP contribution in [0.2, 0.25) is 0 Å². The number of anilines is 3. The van der Waals surface area contributed by atoms with Crippen molar-refractivity contribution < 1.29 is 4.42 Å². The lowest BCUT2D eigenvalue weighted by atomic mass is 9.67. The number of hydrogen-bond acceptors (Lipinski definition) is 2. The zero-order valence-corrected chi connectivity index (χ0v) is 40.0. The lowest BCUT2D eigenvalue weighted by Gasteiger charge is -2.34. The SMILES string of the molecule is c1ccc(-c2ccc(-c3ccc4cc(N(c5ccc(-c6ccc7c(c6)oc6ccccc67)cc5)c5cccc(-c6cccc7c6-c6ccccc6C7(c6ccccc6)c6ccccc6)c5)ccc4c3)cc2)cc1. The van der Waals surface area contributed by atoms with Crippen LogP contribution < -0.4 is 4.90 Å². The minimum absolute atomic E-state index is 0.485. The van der Waals surface area contributed by atoms with Crippen molar-refractivity contribution in [2.24, 2.45) is 0 Å². The van der Waals surface area contributed by atoms with E-state index in [0.29, 0.717) is 0 Å². The molecule has 2 nitrogen and oxygen atoms in total. The number of rotatable bonds is 9. The summed E-state index contributed by atoms with van der Waals surface area (Å²) in [6, 6.07) is 104. The first-order chi connectivity index (χ1) is 36.2. The van der Waals surface area contributed by atoms with E-state index in [2.05, 4.69) is 278 Å². The first kappa shape index (κ1) is 42.4. The molecule has 1 aliphatic rings. The molecule has 1 aliphatic carbocycles. The average Bonchev–Trinajstić information content (AvgIpc) is 4.00. The molecule has 0 atom stereocenters. The fraction of sp³-hybridized carbons (Fsp3) is 0.0141. The van der Waals surface area contributed by atoms with Crippen LogP contribution in [-0.2, 0) is 5.41 Å². The van der Waals surface area contributed by atoms with Crippen molar-refractivity contribution in [3.05, 3.63) is 307 Å². The van der Waals surface area contributed by atoms with Gasteiger partial charge in [0.2, 0.25) is 0 Å². The fourth-order valence-corrected chi connectivity index (χ4v) is 11.7. The van der Waals surface area contributed by atoms with Crippen molar-refractivity contribution in [3.8, 4) is 55.6 Å². The number of fused-ring (bicyclic) bond motifs is 7. The molecule has 1 heterocycles. The monoisotopic (exact) mass is 929 g/mol. The predicted molar refractivity (Wildman–Crippen MR) is 305 cm³/mol. The summed E-state index contributed by atoms with van der Waals surface area (Å²) in [5.74, 6) is 0. The molecule has 73 heavy (non-hydrogen) atoms. The minimum atomic E-state index is -0.485. The van der Waals surface area contributed by atoms with Gasteiger partial charge in [0, 0.05) is 27.8 Å². The molecule has 0 radical (unpaired) electrons. The number of furan rings is 1. The number of para-hydroxylation sites is 1. The Bertz CT molecular complexity index is 4130. The lowest BCUT2D eigenvalue weighted by molar-refractivity contribution is 0.669. The summed E-state index contributed by atoms with van der Waals surface area (Å²) < 4.78 is 6.32. The third kappa shape index (κ3) is 7.10. The number of benzene rings is 12. The van der Waals surface area contributed by atoms with Crippen LogP contribution in [0.1, 0.15) is 22.3 Å². The average molecular weight is 930 g/mol. The summed E-state index contributed by atoms with van der Waals surface area (Å²) in [4.78, 5) is 2.40. The largest absolute Gasteiger partial charge is 0.456 e. The van der Waals surface area contributed by atoms with Gasteiger partial charge in [0.15, 0.2) is 0 Å². The fourth-order valence-electron chi connectivity index (χ4n) is 11.7. The highest BCUT2D eigenvalue weighted by molar-refractivity contribution is 6.06. The zero-order valence-electron chi connectivity index (χ0n) is 40.0.